The van der Waals surface area contributed by atoms with Gasteiger partial charge >= 0.3 is 0 Å². The molecule has 1 aliphatic heterocycles. The normalized spacial score (nSPS) is 19.5. The second-order valence-corrected chi connectivity index (χ2v) is 6.67. The van der Waals surface area contributed by atoms with Gasteiger partial charge in [0.05, 0.1) is 5.75 Å². The van der Waals surface area contributed by atoms with Gasteiger partial charge in [0.15, 0.2) is 5.16 Å². The van der Waals surface area contributed by atoms with E-state index in [-0.39, 0.29) is 30.4 Å². The zero-order chi connectivity index (χ0) is 15.4. The summed E-state index contributed by atoms with van der Waals surface area (Å²) in [5.41, 5.74) is 7.89. The van der Waals surface area contributed by atoms with E-state index in [1.807, 2.05) is 31.7 Å². The number of amides is 1. The topological polar surface area (TPSA) is 72.1 Å². The smallest absolute Gasteiger partial charge is 0.233 e. The molecule has 1 fully saturated rings. The third kappa shape index (κ3) is 5.11. The summed E-state index contributed by atoms with van der Waals surface area (Å²) in [6, 6.07) is 2.13. The van der Waals surface area contributed by atoms with Gasteiger partial charge in [-0.2, -0.15) is 0 Å². The first-order valence-corrected chi connectivity index (χ1v) is 8.46. The van der Waals surface area contributed by atoms with Crippen molar-refractivity contribution in [3.8, 4) is 0 Å². The van der Waals surface area contributed by atoms with Crippen LogP contribution in [-0.4, -0.2) is 45.2 Å². The summed E-state index contributed by atoms with van der Waals surface area (Å²) in [6.45, 7) is 6.68. The minimum Gasteiger partial charge on any atom is -0.337 e. The molecule has 0 radical (unpaired) electrons. The summed E-state index contributed by atoms with van der Waals surface area (Å²) in [5.74, 6) is 0.524. The minimum absolute atomic E-state index is 0. The third-order valence-electron chi connectivity index (χ3n) is 3.76. The molecule has 0 bridgehead atoms. The first-order valence-electron chi connectivity index (χ1n) is 7.47. The number of aryl methyl sites for hydroxylation is 2. The standard InChI is InChI=1S/C15H24N4OS.ClH/c1-10-8-11(2)18-15(17-10)21-9-14(20)19-7-5-4-6-13(19)12(3)16;/h8,12-13H,4-7,9,16H2,1-3H3;1H. The fourth-order valence-electron chi connectivity index (χ4n) is 2.78. The molecule has 2 atom stereocenters. The third-order valence-corrected chi connectivity index (χ3v) is 4.60. The van der Waals surface area contributed by atoms with Crippen LogP contribution in [0.15, 0.2) is 11.2 Å². The van der Waals surface area contributed by atoms with Gasteiger partial charge in [0.2, 0.25) is 5.91 Å². The lowest BCUT2D eigenvalue weighted by molar-refractivity contribution is -0.132. The van der Waals surface area contributed by atoms with Crippen LogP contribution in [-0.2, 0) is 4.79 Å². The fraction of sp³-hybridized carbons (Fsp3) is 0.667. The molecule has 124 valence electrons. The molecule has 2 unspecified atom stereocenters. The average molecular weight is 345 g/mol. The van der Waals surface area contributed by atoms with E-state index in [0.29, 0.717) is 10.9 Å². The summed E-state index contributed by atoms with van der Waals surface area (Å²) < 4.78 is 0. The Morgan fingerprint density at radius 1 is 1.41 bits per heavy atom. The zero-order valence-electron chi connectivity index (χ0n) is 13.4. The van der Waals surface area contributed by atoms with E-state index < -0.39 is 0 Å². The van der Waals surface area contributed by atoms with Gasteiger partial charge in [-0.25, -0.2) is 9.97 Å². The number of nitrogens with zero attached hydrogens (tertiary/aromatic N) is 3. The zero-order valence-corrected chi connectivity index (χ0v) is 15.0. The van der Waals surface area contributed by atoms with Gasteiger partial charge in [0.25, 0.3) is 0 Å². The quantitative estimate of drug-likeness (QED) is 0.670. The number of nitrogens with two attached hydrogens (primary N) is 1. The van der Waals surface area contributed by atoms with Crippen molar-refractivity contribution in [2.75, 3.05) is 12.3 Å². The Bertz CT molecular complexity index is 492. The molecule has 1 amide bonds. The van der Waals surface area contributed by atoms with Gasteiger partial charge in [-0.3, -0.25) is 4.79 Å². The Morgan fingerprint density at radius 2 is 2.05 bits per heavy atom. The number of hydrogen-bond acceptors (Lipinski definition) is 5. The van der Waals surface area contributed by atoms with Gasteiger partial charge in [-0.15, -0.1) is 12.4 Å². The summed E-state index contributed by atoms with van der Waals surface area (Å²) in [6.07, 6.45) is 3.23. The average Bonchev–Trinajstić information content (AvgIpc) is 2.43. The van der Waals surface area contributed by atoms with Gasteiger partial charge in [-0.05, 0) is 46.1 Å². The van der Waals surface area contributed by atoms with Crippen LogP contribution in [0.25, 0.3) is 0 Å². The number of piperidine rings is 1. The van der Waals surface area contributed by atoms with E-state index in [1.54, 1.807) is 0 Å². The molecule has 2 N–H and O–H groups in total. The van der Waals surface area contributed by atoms with E-state index in [1.165, 1.54) is 11.8 Å². The Morgan fingerprint density at radius 3 is 2.64 bits per heavy atom. The Balaban J connectivity index is 0.00000242. The van der Waals surface area contributed by atoms with Crippen LogP contribution in [0.1, 0.15) is 37.6 Å². The second kappa shape index (κ2) is 8.70. The number of aromatic nitrogens is 2. The van der Waals surface area contributed by atoms with Crippen molar-refractivity contribution in [1.29, 1.82) is 0 Å². The van der Waals surface area contributed by atoms with Crippen molar-refractivity contribution in [3.05, 3.63) is 17.5 Å². The molecular formula is C15H25ClN4OS. The van der Waals surface area contributed by atoms with Crippen molar-refractivity contribution in [2.24, 2.45) is 5.73 Å². The van der Waals surface area contributed by atoms with Crippen molar-refractivity contribution >= 4 is 30.1 Å². The largest absolute Gasteiger partial charge is 0.337 e. The summed E-state index contributed by atoms with van der Waals surface area (Å²) in [7, 11) is 0. The summed E-state index contributed by atoms with van der Waals surface area (Å²) in [4.78, 5) is 23.1. The maximum atomic E-state index is 12.5. The predicted molar refractivity (Wildman–Crippen MR) is 92.5 cm³/mol. The molecule has 1 saturated heterocycles. The first kappa shape index (κ1) is 19.2. The highest BCUT2D eigenvalue weighted by Gasteiger charge is 2.29. The maximum Gasteiger partial charge on any atom is 0.233 e. The van der Waals surface area contributed by atoms with Crippen LogP contribution in [0.4, 0.5) is 0 Å². The number of carbonyl (C=O) groups excluding carboxylic acids is 1. The highest BCUT2D eigenvalue weighted by molar-refractivity contribution is 7.99. The van der Waals surface area contributed by atoms with Crippen LogP contribution in [0.3, 0.4) is 0 Å². The molecule has 0 spiro atoms. The van der Waals surface area contributed by atoms with Gasteiger partial charge in [0, 0.05) is 30.0 Å². The molecule has 0 aromatic carbocycles. The van der Waals surface area contributed by atoms with Crippen molar-refractivity contribution < 1.29 is 4.79 Å². The number of thioether (sulfide) groups is 1. The molecule has 22 heavy (non-hydrogen) atoms. The minimum atomic E-state index is 0. The Hall–Kier alpha value is -0.850. The number of halogens is 1. The molecule has 5 nitrogen and oxygen atoms in total. The van der Waals surface area contributed by atoms with E-state index in [9.17, 15) is 4.79 Å². The Kier molecular flexibility index (Phi) is 7.59. The molecule has 7 heteroatoms. The fourth-order valence-corrected chi connectivity index (χ4v) is 3.62. The molecule has 2 rings (SSSR count). The van der Waals surface area contributed by atoms with Crippen molar-refractivity contribution in [1.82, 2.24) is 14.9 Å². The number of likely N-dealkylation sites (tertiary alicyclic amines) is 1. The highest BCUT2D eigenvalue weighted by atomic mass is 35.5. The van der Waals surface area contributed by atoms with Crippen molar-refractivity contribution in [3.63, 3.8) is 0 Å². The van der Waals surface area contributed by atoms with E-state index in [4.69, 9.17) is 5.73 Å². The molecule has 1 aromatic rings. The highest BCUT2D eigenvalue weighted by Crippen LogP contribution is 2.22. The van der Waals surface area contributed by atoms with Crippen LogP contribution >= 0.6 is 24.2 Å². The molecule has 0 aliphatic carbocycles. The molecule has 1 aliphatic rings. The van der Waals surface area contributed by atoms with Crippen LogP contribution in [0.2, 0.25) is 0 Å². The van der Waals surface area contributed by atoms with Crippen LogP contribution in [0.5, 0.6) is 0 Å². The second-order valence-electron chi connectivity index (χ2n) is 5.73. The maximum absolute atomic E-state index is 12.5. The Labute approximate surface area is 142 Å². The van der Waals surface area contributed by atoms with E-state index >= 15 is 0 Å². The molecule has 2 heterocycles. The number of rotatable bonds is 4. The lowest BCUT2D eigenvalue weighted by Crippen LogP contribution is -2.52. The molecule has 1 aromatic heterocycles. The summed E-state index contributed by atoms with van der Waals surface area (Å²) in [5, 5.41) is 0.676. The number of carbonyl (C=O) groups is 1. The predicted octanol–water partition coefficient (Wildman–Crippen LogP) is 2.34. The van der Waals surface area contributed by atoms with Gasteiger partial charge in [-0.1, -0.05) is 11.8 Å². The van der Waals surface area contributed by atoms with E-state index in [2.05, 4.69) is 9.97 Å². The van der Waals surface area contributed by atoms with Crippen LogP contribution in [0, 0.1) is 13.8 Å². The molecular weight excluding hydrogens is 320 g/mol. The van der Waals surface area contributed by atoms with Crippen molar-refractivity contribution in [2.45, 2.75) is 57.3 Å². The van der Waals surface area contributed by atoms with Gasteiger partial charge in [0.1, 0.15) is 0 Å². The van der Waals surface area contributed by atoms with Gasteiger partial charge < -0.3 is 10.6 Å². The lowest BCUT2D eigenvalue weighted by atomic mass is 9.97. The first-order chi connectivity index (χ1) is 9.97. The van der Waals surface area contributed by atoms with E-state index in [0.717, 1.165) is 37.2 Å². The lowest BCUT2D eigenvalue weighted by Gasteiger charge is -2.38. The molecule has 0 saturated carbocycles. The summed E-state index contributed by atoms with van der Waals surface area (Å²) >= 11 is 1.41. The van der Waals surface area contributed by atoms with Crippen LogP contribution < -0.4 is 5.73 Å². The number of hydrogen-bond donors (Lipinski definition) is 1. The SMILES string of the molecule is Cc1cc(C)nc(SCC(=O)N2CCCCC2C(C)N)n1.Cl. The monoisotopic (exact) mass is 344 g/mol.